The van der Waals surface area contributed by atoms with Gasteiger partial charge in [-0.25, -0.2) is 0 Å². The monoisotopic (exact) mass is 444 g/mol. The van der Waals surface area contributed by atoms with E-state index >= 15 is 0 Å². The fourth-order valence-corrected chi connectivity index (χ4v) is 4.52. The van der Waals surface area contributed by atoms with E-state index < -0.39 is 11.6 Å². The second kappa shape index (κ2) is 20.4. The zero-order valence-electron chi connectivity index (χ0n) is 22.1. The van der Waals surface area contributed by atoms with Crippen molar-refractivity contribution in [2.24, 2.45) is 0 Å². The van der Waals surface area contributed by atoms with E-state index in [1.54, 1.807) is 0 Å². The average Bonchev–Trinajstić information content (AvgIpc) is 2.75. The fourth-order valence-electron chi connectivity index (χ4n) is 4.52. The third-order valence-corrected chi connectivity index (χ3v) is 6.09. The van der Waals surface area contributed by atoms with Crippen LogP contribution >= 0.6 is 0 Å². The molecular formula is C27H56O4. The molecule has 0 unspecified atom stereocenters. The second-order valence-corrected chi connectivity index (χ2v) is 8.74. The van der Waals surface area contributed by atoms with Crippen LogP contribution in [-0.4, -0.2) is 38.0 Å². The highest BCUT2D eigenvalue weighted by molar-refractivity contribution is 4.79. The molecule has 0 fully saturated rings. The molecule has 0 aliphatic rings. The smallest absolute Gasteiger partial charge is 0.168 e. The largest absolute Gasteiger partial charge is 0.350 e. The zero-order valence-corrected chi connectivity index (χ0v) is 22.1. The maximum Gasteiger partial charge on any atom is 0.168 e. The molecule has 4 heteroatoms. The molecule has 0 aliphatic carbocycles. The molecule has 0 atom stereocenters. The van der Waals surface area contributed by atoms with Crippen LogP contribution in [0.5, 0.6) is 0 Å². The standard InChI is InChI=1S/C27H56O4/c1-7-13-15-17-18-19-21-23-27(30-11-5,31-12-6)25-24-26(28-9-3,29-10-4)22-20-16-14-8-2/h7-25H2,1-6H3. The second-order valence-electron chi connectivity index (χ2n) is 8.74. The van der Waals surface area contributed by atoms with Crippen LogP contribution in [0.2, 0.25) is 0 Å². The van der Waals surface area contributed by atoms with Crippen molar-refractivity contribution in [1.29, 1.82) is 0 Å². The lowest BCUT2D eigenvalue weighted by atomic mass is 9.94. The van der Waals surface area contributed by atoms with Gasteiger partial charge in [0.1, 0.15) is 0 Å². The van der Waals surface area contributed by atoms with E-state index in [1.165, 1.54) is 57.8 Å². The molecule has 0 aromatic heterocycles. The van der Waals surface area contributed by atoms with Crippen LogP contribution in [0.3, 0.4) is 0 Å². The summed E-state index contributed by atoms with van der Waals surface area (Å²) in [5, 5.41) is 0. The summed E-state index contributed by atoms with van der Waals surface area (Å²) in [4.78, 5) is 0. The lowest BCUT2D eigenvalue weighted by molar-refractivity contribution is -0.277. The van der Waals surface area contributed by atoms with Gasteiger partial charge in [-0.3, -0.25) is 0 Å². The van der Waals surface area contributed by atoms with Crippen LogP contribution < -0.4 is 0 Å². The average molecular weight is 445 g/mol. The van der Waals surface area contributed by atoms with Crippen LogP contribution in [0.15, 0.2) is 0 Å². The number of hydrogen-bond acceptors (Lipinski definition) is 4. The first-order valence-electron chi connectivity index (χ1n) is 13.6. The Kier molecular flexibility index (Phi) is 20.3. The predicted octanol–water partition coefficient (Wildman–Crippen LogP) is 8.42. The maximum absolute atomic E-state index is 6.28. The number of unbranched alkanes of at least 4 members (excludes halogenated alkanes) is 9. The number of ether oxygens (including phenoxy) is 4. The summed E-state index contributed by atoms with van der Waals surface area (Å²) in [5.41, 5.74) is 0. The topological polar surface area (TPSA) is 36.9 Å². The Labute approximate surface area is 195 Å². The zero-order chi connectivity index (χ0) is 23.3. The fraction of sp³-hybridized carbons (Fsp3) is 1.00. The highest BCUT2D eigenvalue weighted by Gasteiger charge is 2.38. The molecule has 0 saturated heterocycles. The van der Waals surface area contributed by atoms with E-state index in [4.69, 9.17) is 18.9 Å². The Morgan fingerprint density at radius 2 is 0.645 bits per heavy atom. The van der Waals surface area contributed by atoms with Crippen LogP contribution in [0.4, 0.5) is 0 Å². The van der Waals surface area contributed by atoms with Gasteiger partial charge in [-0.1, -0.05) is 71.6 Å². The summed E-state index contributed by atoms with van der Waals surface area (Å²) in [6.45, 7) is 15.5. The van der Waals surface area contributed by atoms with E-state index in [9.17, 15) is 0 Å². The molecule has 0 heterocycles. The molecule has 0 bridgehead atoms. The van der Waals surface area contributed by atoms with Gasteiger partial charge in [0, 0.05) is 52.1 Å². The van der Waals surface area contributed by atoms with E-state index in [-0.39, 0.29) is 0 Å². The van der Waals surface area contributed by atoms with E-state index in [0.29, 0.717) is 26.4 Å². The predicted molar refractivity (Wildman–Crippen MR) is 133 cm³/mol. The molecule has 0 aromatic carbocycles. The lowest BCUT2D eigenvalue weighted by Crippen LogP contribution is -2.42. The molecule has 0 aromatic rings. The normalized spacial score (nSPS) is 12.6. The summed E-state index contributed by atoms with van der Waals surface area (Å²) in [7, 11) is 0. The van der Waals surface area contributed by atoms with Gasteiger partial charge in [-0.05, 0) is 40.5 Å². The van der Waals surface area contributed by atoms with Crippen molar-refractivity contribution in [1.82, 2.24) is 0 Å². The van der Waals surface area contributed by atoms with E-state index in [2.05, 4.69) is 41.5 Å². The van der Waals surface area contributed by atoms with E-state index in [1.807, 2.05) is 0 Å². The molecule has 0 radical (unpaired) electrons. The molecule has 0 amide bonds. The molecule has 0 spiro atoms. The van der Waals surface area contributed by atoms with Crippen molar-refractivity contribution >= 4 is 0 Å². The highest BCUT2D eigenvalue weighted by Crippen LogP contribution is 2.35. The summed E-state index contributed by atoms with van der Waals surface area (Å²) in [5.74, 6) is -1.04. The summed E-state index contributed by atoms with van der Waals surface area (Å²) >= 11 is 0. The summed E-state index contributed by atoms with van der Waals surface area (Å²) in [6.07, 6.45) is 17.5. The van der Waals surface area contributed by atoms with Gasteiger partial charge in [0.2, 0.25) is 0 Å². The first kappa shape index (κ1) is 30.8. The van der Waals surface area contributed by atoms with Crippen molar-refractivity contribution in [2.45, 2.75) is 149 Å². The van der Waals surface area contributed by atoms with E-state index in [0.717, 1.165) is 38.5 Å². The Morgan fingerprint density at radius 3 is 0.968 bits per heavy atom. The van der Waals surface area contributed by atoms with Gasteiger partial charge in [0.05, 0.1) is 0 Å². The Morgan fingerprint density at radius 1 is 0.355 bits per heavy atom. The first-order valence-corrected chi connectivity index (χ1v) is 13.6. The van der Waals surface area contributed by atoms with Gasteiger partial charge in [0.15, 0.2) is 11.6 Å². The van der Waals surface area contributed by atoms with Crippen molar-refractivity contribution in [3.05, 3.63) is 0 Å². The quantitative estimate of drug-likeness (QED) is 0.111. The highest BCUT2D eigenvalue weighted by atomic mass is 16.7. The molecular weight excluding hydrogens is 388 g/mol. The molecule has 0 saturated carbocycles. The number of rotatable bonds is 24. The molecule has 4 nitrogen and oxygen atoms in total. The maximum atomic E-state index is 6.28. The summed E-state index contributed by atoms with van der Waals surface area (Å²) < 4.78 is 25.1. The Hall–Kier alpha value is -0.160. The van der Waals surface area contributed by atoms with Crippen LogP contribution in [0.25, 0.3) is 0 Å². The van der Waals surface area contributed by atoms with Crippen LogP contribution in [0, 0.1) is 0 Å². The summed E-state index contributed by atoms with van der Waals surface area (Å²) in [6, 6.07) is 0. The van der Waals surface area contributed by atoms with Gasteiger partial charge >= 0.3 is 0 Å². The van der Waals surface area contributed by atoms with Gasteiger partial charge in [0.25, 0.3) is 0 Å². The molecule has 0 N–H and O–H groups in total. The van der Waals surface area contributed by atoms with Crippen LogP contribution in [0.1, 0.15) is 138 Å². The Balaban J connectivity index is 5.02. The van der Waals surface area contributed by atoms with Crippen molar-refractivity contribution in [2.75, 3.05) is 26.4 Å². The van der Waals surface area contributed by atoms with Crippen molar-refractivity contribution in [3.63, 3.8) is 0 Å². The van der Waals surface area contributed by atoms with Gasteiger partial charge in [-0.2, -0.15) is 0 Å². The minimum Gasteiger partial charge on any atom is -0.350 e. The first-order chi connectivity index (χ1) is 15.1. The molecule has 0 aliphatic heterocycles. The van der Waals surface area contributed by atoms with Gasteiger partial charge < -0.3 is 18.9 Å². The van der Waals surface area contributed by atoms with Gasteiger partial charge in [-0.15, -0.1) is 0 Å². The van der Waals surface area contributed by atoms with Crippen molar-refractivity contribution < 1.29 is 18.9 Å². The lowest BCUT2D eigenvalue weighted by Gasteiger charge is -2.39. The minimum absolute atomic E-state index is 0.517. The third-order valence-electron chi connectivity index (χ3n) is 6.09. The molecule has 31 heavy (non-hydrogen) atoms. The van der Waals surface area contributed by atoms with Crippen LogP contribution in [-0.2, 0) is 18.9 Å². The van der Waals surface area contributed by atoms with Crippen molar-refractivity contribution in [3.8, 4) is 0 Å². The molecule has 0 rings (SSSR count). The minimum atomic E-state index is -0.518. The third kappa shape index (κ3) is 14.6. The SMILES string of the molecule is CCCCCCCCCC(CCC(CCCCCC)(OCC)OCC)(OCC)OCC. The number of hydrogen-bond donors (Lipinski definition) is 0. The molecule has 188 valence electrons. The Bertz CT molecular complexity index is 360.